The van der Waals surface area contributed by atoms with Crippen molar-refractivity contribution < 1.29 is 64.3 Å². The van der Waals surface area contributed by atoms with Crippen molar-refractivity contribution in [1.29, 1.82) is 0 Å². The Balaban J connectivity index is 0.00000196. The molecule has 0 atom stereocenters. The van der Waals surface area contributed by atoms with Crippen molar-refractivity contribution in [2.75, 3.05) is 14.1 Å². The largest absolute Gasteiger partial charge is 1.00 e. The van der Waals surface area contributed by atoms with Crippen molar-refractivity contribution >= 4 is 12.4 Å². The smallest absolute Gasteiger partial charge is 0.445 e. The van der Waals surface area contributed by atoms with Crippen molar-refractivity contribution in [2.45, 2.75) is 6.54 Å². The molecule has 6 heteroatoms. The fourth-order valence-corrected chi connectivity index (χ4v) is 1.26. The summed E-state index contributed by atoms with van der Waals surface area (Å²) in [7, 11) is 3.65. The van der Waals surface area contributed by atoms with Crippen LogP contribution in [0.1, 0.15) is 5.56 Å². The fourth-order valence-electron chi connectivity index (χ4n) is 1.26. The van der Waals surface area contributed by atoms with Gasteiger partial charge in [-0.25, -0.2) is 0 Å². The van der Waals surface area contributed by atoms with E-state index < -0.39 is 12.4 Å². The summed E-state index contributed by atoms with van der Waals surface area (Å²) in [5.41, 5.74) is 0.163. The molecular formula is C9H12BF3KN. The van der Waals surface area contributed by atoms with E-state index in [9.17, 15) is 12.9 Å². The van der Waals surface area contributed by atoms with E-state index in [1.54, 1.807) is 6.07 Å². The first-order valence-corrected chi connectivity index (χ1v) is 4.33. The Labute approximate surface area is 131 Å². The second kappa shape index (κ2) is 6.42. The molecule has 0 aromatic heterocycles. The van der Waals surface area contributed by atoms with Gasteiger partial charge in [0, 0.05) is 6.54 Å². The second-order valence-corrected chi connectivity index (χ2v) is 3.56. The molecule has 0 saturated heterocycles. The quantitative estimate of drug-likeness (QED) is 0.601. The summed E-state index contributed by atoms with van der Waals surface area (Å²) in [6, 6.07) is 5.47. The molecule has 0 fully saturated rings. The molecule has 0 aliphatic rings. The Morgan fingerprint density at radius 2 is 1.80 bits per heavy atom. The molecule has 0 saturated carbocycles. The minimum atomic E-state index is -4.87. The molecule has 1 rings (SSSR count). The molecule has 0 radical (unpaired) electrons. The Bertz CT molecular complexity index is 314. The van der Waals surface area contributed by atoms with E-state index in [0.717, 1.165) is 6.07 Å². The van der Waals surface area contributed by atoms with Gasteiger partial charge in [0.05, 0.1) is 0 Å². The number of hydrogen-bond acceptors (Lipinski definition) is 1. The van der Waals surface area contributed by atoms with Crippen LogP contribution in [0.2, 0.25) is 0 Å². The maximum atomic E-state index is 12.4. The zero-order valence-corrected chi connectivity index (χ0v) is 12.3. The molecule has 0 aliphatic heterocycles. The normalized spacial score (nSPS) is 11.3. The summed E-state index contributed by atoms with van der Waals surface area (Å²) in [4.78, 5) is 1.84. The Kier molecular flexibility index (Phi) is 6.70. The zero-order valence-electron chi connectivity index (χ0n) is 9.17. The average Bonchev–Trinajstić information content (AvgIpc) is 2.01. The number of halogens is 3. The molecule has 1 aromatic rings. The van der Waals surface area contributed by atoms with E-state index >= 15 is 0 Å². The minimum absolute atomic E-state index is 0. The zero-order chi connectivity index (χ0) is 10.8. The van der Waals surface area contributed by atoms with E-state index in [4.69, 9.17) is 0 Å². The van der Waals surface area contributed by atoms with E-state index in [-0.39, 0.29) is 51.4 Å². The van der Waals surface area contributed by atoms with Gasteiger partial charge in [-0.2, -0.15) is 0 Å². The third kappa shape index (κ3) is 5.51. The maximum Gasteiger partial charge on any atom is 1.00 e. The summed E-state index contributed by atoms with van der Waals surface area (Å²) in [6.07, 6.45) is 0. The van der Waals surface area contributed by atoms with Gasteiger partial charge in [-0.1, -0.05) is 24.3 Å². The van der Waals surface area contributed by atoms with Crippen LogP contribution in [-0.2, 0) is 6.54 Å². The minimum Gasteiger partial charge on any atom is -0.445 e. The van der Waals surface area contributed by atoms with Crippen LogP contribution in [-0.4, -0.2) is 26.0 Å². The van der Waals surface area contributed by atoms with Gasteiger partial charge in [-0.05, 0) is 19.7 Å². The molecule has 0 bridgehead atoms. The predicted octanol–water partition coefficient (Wildman–Crippen LogP) is -1.19. The monoisotopic (exact) mass is 241 g/mol. The molecule has 0 unspecified atom stereocenters. The topological polar surface area (TPSA) is 3.24 Å². The van der Waals surface area contributed by atoms with Crippen LogP contribution < -0.4 is 56.8 Å². The molecule has 1 aromatic carbocycles. The number of hydrogen-bond donors (Lipinski definition) is 0. The third-order valence-electron chi connectivity index (χ3n) is 1.83. The van der Waals surface area contributed by atoms with Gasteiger partial charge in [0.15, 0.2) is 0 Å². The van der Waals surface area contributed by atoms with Crippen LogP contribution in [0.25, 0.3) is 0 Å². The van der Waals surface area contributed by atoms with Crippen LogP contribution in [0.3, 0.4) is 0 Å². The molecule has 0 amide bonds. The molecule has 0 aliphatic carbocycles. The molecule has 1 nitrogen and oxygen atoms in total. The van der Waals surface area contributed by atoms with Gasteiger partial charge in [-0.3, -0.25) is 0 Å². The number of rotatable bonds is 3. The molecule has 0 N–H and O–H groups in total. The van der Waals surface area contributed by atoms with Gasteiger partial charge in [0.25, 0.3) is 0 Å². The summed E-state index contributed by atoms with van der Waals surface area (Å²) >= 11 is 0. The summed E-state index contributed by atoms with van der Waals surface area (Å²) < 4.78 is 37.1. The Morgan fingerprint density at radius 3 is 2.27 bits per heavy atom. The van der Waals surface area contributed by atoms with Crippen molar-refractivity contribution in [2.24, 2.45) is 0 Å². The average molecular weight is 241 g/mol. The SMILES string of the molecule is CN(C)Cc1cccc([B-](F)(F)F)c1.[K+]. The van der Waals surface area contributed by atoms with E-state index in [0.29, 0.717) is 12.1 Å². The van der Waals surface area contributed by atoms with Crippen LogP contribution in [0.5, 0.6) is 0 Å². The standard InChI is InChI=1S/C9H12BF3N.K/c1-14(2)7-8-4-3-5-9(6-8)10(11,12)13;/h3-6H,7H2,1-2H3;/q-1;+1. The van der Waals surface area contributed by atoms with Crippen molar-refractivity contribution in [1.82, 2.24) is 4.90 Å². The molecule has 78 valence electrons. The number of benzene rings is 1. The van der Waals surface area contributed by atoms with Crippen molar-refractivity contribution in [3.63, 3.8) is 0 Å². The Hall–Kier alpha value is 0.671. The summed E-state index contributed by atoms with van der Waals surface area (Å²) in [5, 5.41) is 0. The maximum absolute atomic E-state index is 12.4. The van der Waals surface area contributed by atoms with Gasteiger partial charge >= 0.3 is 58.4 Å². The van der Waals surface area contributed by atoms with Gasteiger partial charge in [0.2, 0.25) is 0 Å². The summed E-state index contributed by atoms with van der Waals surface area (Å²) in [5.74, 6) is 0. The Morgan fingerprint density at radius 1 is 1.20 bits per heavy atom. The first-order valence-electron chi connectivity index (χ1n) is 4.33. The van der Waals surface area contributed by atoms with Crippen LogP contribution >= 0.6 is 0 Å². The van der Waals surface area contributed by atoms with E-state index in [1.165, 1.54) is 12.1 Å². The van der Waals surface area contributed by atoms with Crippen LogP contribution in [0.4, 0.5) is 12.9 Å². The predicted molar refractivity (Wildman–Crippen MR) is 52.5 cm³/mol. The molecule has 0 heterocycles. The second-order valence-electron chi connectivity index (χ2n) is 3.56. The molecular weight excluding hydrogens is 229 g/mol. The molecule has 15 heavy (non-hydrogen) atoms. The first-order chi connectivity index (χ1) is 6.39. The first kappa shape index (κ1) is 15.7. The third-order valence-corrected chi connectivity index (χ3v) is 1.83. The summed E-state index contributed by atoms with van der Waals surface area (Å²) in [6.45, 7) is -4.34. The van der Waals surface area contributed by atoms with Crippen molar-refractivity contribution in [3.8, 4) is 0 Å². The van der Waals surface area contributed by atoms with Gasteiger partial charge in [0.1, 0.15) is 0 Å². The number of nitrogens with zero attached hydrogens (tertiary/aromatic N) is 1. The van der Waals surface area contributed by atoms with E-state index in [2.05, 4.69) is 0 Å². The van der Waals surface area contributed by atoms with E-state index in [1.807, 2.05) is 19.0 Å². The van der Waals surface area contributed by atoms with Crippen LogP contribution in [0.15, 0.2) is 24.3 Å². The van der Waals surface area contributed by atoms with Crippen LogP contribution in [0, 0.1) is 0 Å². The molecule has 0 spiro atoms. The van der Waals surface area contributed by atoms with Gasteiger partial charge in [-0.15, -0.1) is 5.46 Å². The van der Waals surface area contributed by atoms with Gasteiger partial charge < -0.3 is 17.8 Å². The fraction of sp³-hybridized carbons (Fsp3) is 0.333. The van der Waals surface area contributed by atoms with Crippen molar-refractivity contribution in [3.05, 3.63) is 29.8 Å².